The minimum atomic E-state index is -3.58. The molecule has 2 N–H and O–H groups in total. The van der Waals surface area contributed by atoms with Crippen LogP contribution >= 0.6 is 0 Å². The number of nitrogens with one attached hydrogen (secondary N) is 2. The Bertz CT molecular complexity index is 1220. The molecule has 2 aliphatic heterocycles. The minimum absolute atomic E-state index is 0.154. The van der Waals surface area contributed by atoms with Crippen LogP contribution in [0, 0.1) is 0 Å². The van der Waals surface area contributed by atoms with Crippen LogP contribution in [0.25, 0.3) is 0 Å². The number of carbonyl (C=O) groups is 3. The van der Waals surface area contributed by atoms with E-state index in [2.05, 4.69) is 10.6 Å². The molecule has 10 nitrogen and oxygen atoms in total. The van der Waals surface area contributed by atoms with Gasteiger partial charge in [0.25, 0.3) is 5.91 Å². The summed E-state index contributed by atoms with van der Waals surface area (Å²) in [5, 5.41) is 5.27. The number of methoxy groups -OCH3 is 1. The van der Waals surface area contributed by atoms with Gasteiger partial charge in [-0.3, -0.25) is 14.5 Å². The summed E-state index contributed by atoms with van der Waals surface area (Å²) in [6.45, 7) is 2.10. The molecule has 0 bridgehead atoms. The van der Waals surface area contributed by atoms with Gasteiger partial charge in [0.1, 0.15) is 17.8 Å². The first-order valence-corrected chi connectivity index (χ1v) is 12.8. The summed E-state index contributed by atoms with van der Waals surface area (Å²) in [6.07, 6.45) is 2.70. The number of nitrogens with zero attached hydrogens (tertiary/aromatic N) is 2. The fraction of sp³-hybridized carbons (Fsp3) is 0.375. The predicted octanol–water partition coefficient (Wildman–Crippen LogP) is 2.28. The molecule has 4 amide bonds. The van der Waals surface area contributed by atoms with Gasteiger partial charge in [0.05, 0.1) is 12.0 Å². The number of urea groups is 1. The maximum Gasteiger partial charge on any atom is 0.325 e. The van der Waals surface area contributed by atoms with Crippen LogP contribution < -0.4 is 15.4 Å². The highest BCUT2D eigenvalue weighted by Crippen LogP contribution is 2.30. The average Bonchev–Trinajstić information content (AvgIpc) is 3.08. The number of hydrogen-bond acceptors (Lipinski definition) is 6. The lowest BCUT2D eigenvalue weighted by atomic mass is 9.92. The monoisotopic (exact) mass is 500 g/mol. The molecule has 186 valence electrons. The Hall–Kier alpha value is -3.44. The molecule has 2 aromatic carbocycles. The van der Waals surface area contributed by atoms with Crippen molar-refractivity contribution in [2.45, 2.75) is 36.6 Å². The molecule has 0 spiro atoms. The number of piperidine rings is 1. The number of carbonyl (C=O) groups excluding carboxylic acids is 3. The van der Waals surface area contributed by atoms with E-state index in [9.17, 15) is 22.8 Å². The Kier molecular flexibility index (Phi) is 6.82. The third-order valence-electron chi connectivity index (χ3n) is 6.33. The van der Waals surface area contributed by atoms with Gasteiger partial charge in [0.2, 0.25) is 15.9 Å². The summed E-state index contributed by atoms with van der Waals surface area (Å²) in [4.78, 5) is 39.2. The second kappa shape index (κ2) is 9.67. The van der Waals surface area contributed by atoms with Crippen LogP contribution in [0.15, 0.2) is 53.4 Å². The molecule has 2 aliphatic rings. The van der Waals surface area contributed by atoms with Crippen molar-refractivity contribution >= 4 is 33.6 Å². The molecule has 0 radical (unpaired) electrons. The highest BCUT2D eigenvalue weighted by molar-refractivity contribution is 7.89. The molecular weight excluding hydrogens is 472 g/mol. The van der Waals surface area contributed by atoms with E-state index in [0.29, 0.717) is 30.1 Å². The maximum absolute atomic E-state index is 13.0. The molecule has 0 unspecified atom stereocenters. The minimum Gasteiger partial charge on any atom is -0.497 e. The van der Waals surface area contributed by atoms with Gasteiger partial charge in [-0.1, -0.05) is 18.6 Å². The molecule has 2 aromatic rings. The van der Waals surface area contributed by atoms with Gasteiger partial charge >= 0.3 is 6.03 Å². The van der Waals surface area contributed by atoms with Gasteiger partial charge in [-0.2, -0.15) is 4.31 Å². The molecule has 35 heavy (non-hydrogen) atoms. The summed E-state index contributed by atoms with van der Waals surface area (Å²) in [7, 11) is -2.05. The number of sulfonamides is 1. The molecule has 0 aliphatic carbocycles. The number of imide groups is 1. The second-order valence-electron chi connectivity index (χ2n) is 8.71. The smallest absolute Gasteiger partial charge is 0.325 e. The van der Waals surface area contributed by atoms with Crippen molar-refractivity contribution in [3.8, 4) is 5.75 Å². The summed E-state index contributed by atoms with van der Waals surface area (Å²) in [5.41, 5.74) is -0.392. The van der Waals surface area contributed by atoms with Crippen LogP contribution in [0.3, 0.4) is 0 Å². The Balaban J connectivity index is 1.41. The van der Waals surface area contributed by atoms with Crippen molar-refractivity contribution in [2.75, 3.05) is 32.1 Å². The summed E-state index contributed by atoms with van der Waals surface area (Å²) < 4.78 is 32.2. The Morgan fingerprint density at radius 1 is 1.03 bits per heavy atom. The summed E-state index contributed by atoms with van der Waals surface area (Å²) in [5.74, 6) is -0.523. The van der Waals surface area contributed by atoms with Crippen molar-refractivity contribution in [3.63, 3.8) is 0 Å². The van der Waals surface area contributed by atoms with E-state index in [0.717, 1.165) is 24.2 Å². The lowest BCUT2D eigenvalue weighted by Crippen LogP contribution is -2.42. The predicted molar refractivity (Wildman–Crippen MR) is 128 cm³/mol. The zero-order valence-electron chi connectivity index (χ0n) is 19.6. The zero-order chi connectivity index (χ0) is 25.2. The average molecular weight is 501 g/mol. The molecule has 11 heteroatoms. The van der Waals surface area contributed by atoms with Crippen molar-refractivity contribution in [2.24, 2.45) is 0 Å². The third kappa shape index (κ3) is 4.87. The second-order valence-corrected chi connectivity index (χ2v) is 10.7. The van der Waals surface area contributed by atoms with Gasteiger partial charge < -0.3 is 15.4 Å². The molecule has 2 saturated heterocycles. The first-order chi connectivity index (χ1) is 16.6. The third-order valence-corrected chi connectivity index (χ3v) is 8.25. The van der Waals surface area contributed by atoms with E-state index in [-0.39, 0.29) is 4.90 Å². The van der Waals surface area contributed by atoms with E-state index in [1.807, 2.05) is 0 Å². The molecule has 0 aromatic heterocycles. The van der Waals surface area contributed by atoms with Crippen molar-refractivity contribution in [1.29, 1.82) is 0 Å². The van der Waals surface area contributed by atoms with Gasteiger partial charge in [0.15, 0.2) is 0 Å². The SMILES string of the molecule is COc1ccc([C@@]2(C)NC(=O)N(CC(=O)Nc3ccc(S(=O)(=O)N4CCCCC4)cc3)C2=O)cc1. The van der Waals surface area contributed by atoms with Crippen LogP contribution in [-0.4, -0.2) is 62.2 Å². The summed E-state index contributed by atoms with van der Waals surface area (Å²) >= 11 is 0. The Labute approximate surface area is 204 Å². The highest BCUT2D eigenvalue weighted by atomic mass is 32.2. The maximum atomic E-state index is 13.0. The van der Waals surface area contributed by atoms with Gasteiger partial charge in [-0.25, -0.2) is 13.2 Å². The first kappa shape index (κ1) is 24.7. The summed E-state index contributed by atoms with van der Waals surface area (Å²) in [6, 6.07) is 11.9. The number of rotatable bonds is 7. The fourth-order valence-electron chi connectivity index (χ4n) is 4.27. The van der Waals surface area contributed by atoms with Crippen LogP contribution in [0.2, 0.25) is 0 Å². The van der Waals surface area contributed by atoms with Crippen LogP contribution in [0.4, 0.5) is 10.5 Å². The standard InChI is InChI=1S/C24H28N4O6S/c1-24(17-6-10-19(34-2)11-7-17)22(30)28(23(31)26-24)16-21(29)25-18-8-12-20(13-9-18)35(32,33)27-14-4-3-5-15-27/h6-13H,3-5,14-16H2,1-2H3,(H,25,29)(H,26,31)/t24-/m1/s1. The quantitative estimate of drug-likeness (QED) is 0.562. The number of amides is 4. The number of hydrogen-bond donors (Lipinski definition) is 2. The lowest BCUT2D eigenvalue weighted by molar-refractivity contribution is -0.133. The van der Waals surface area contributed by atoms with Crippen LogP contribution in [0.1, 0.15) is 31.7 Å². The van der Waals surface area contributed by atoms with Gasteiger partial charge in [0, 0.05) is 18.8 Å². The van der Waals surface area contributed by atoms with Crippen molar-refractivity contribution in [3.05, 3.63) is 54.1 Å². The highest BCUT2D eigenvalue weighted by Gasteiger charge is 2.49. The van der Waals surface area contributed by atoms with E-state index in [1.54, 1.807) is 31.2 Å². The molecule has 1 atom stereocenters. The van der Waals surface area contributed by atoms with Crippen molar-refractivity contribution in [1.82, 2.24) is 14.5 Å². The number of benzene rings is 2. The zero-order valence-corrected chi connectivity index (χ0v) is 20.4. The van der Waals surface area contributed by atoms with Crippen LogP contribution in [0.5, 0.6) is 5.75 Å². The van der Waals surface area contributed by atoms with E-state index in [1.165, 1.54) is 35.7 Å². The molecule has 0 saturated carbocycles. The van der Waals surface area contributed by atoms with E-state index >= 15 is 0 Å². The van der Waals surface area contributed by atoms with Gasteiger partial charge in [-0.15, -0.1) is 0 Å². The van der Waals surface area contributed by atoms with E-state index < -0.39 is 40.0 Å². The number of ether oxygens (including phenoxy) is 1. The Morgan fingerprint density at radius 3 is 2.26 bits per heavy atom. The van der Waals surface area contributed by atoms with Gasteiger partial charge in [-0.05, 0) is 61.7 Å². The van der Waals surface area contributed by atoms with Crippen LogP contribution in [-0.2, 0) is 25.2 Å². The molecule has 2 fully saturated rings. The topological polar surface area (TPSA) is 125 Å². The lowest BCUT2D eigenvalue weighted by Gasteiger charge is -2.25. The molecule has 4 rings (SSSR count). The Morgan fingerprint density at radius 2 is 1.66 bits per heavy atom. The van der Waals surface area contributed by atoms with Crippen molar-refractivity contribution < 1.29 is 27.5 Å². The van der Waals surface area contributed by atoms with E-state index in [4.69, 9.17) is 4.74 Å². The fourth-order valence-corrected chi connectivity index (χ4v) is 5.79. The number of anilines is 1. The normalized spacial score (nSPS) is 21.0. The largest absolute Gasteiger partial charge is 0.497 e. The molecule has 2 heterocycles. The molecular formula is C24H28N4O6S. The first-order valence-electron chi connectivity index (χ1n) is 11.3.